The lowest BCUT2D eigenvalue weighted by Crippen LogP contribution is -2.26. The highest BCUT2D eigenvalue weighted by atomic mass is 79.9. The molecule has 1 aromatic carbocycles. The van der Waals surface area contributed by atoms with Crippen molar-refractivity contribution in [3.05, 3.63) is 28.2 Å². The standard InChI is InChI=1S/C9H8BrF2NO2S/c10-6-3-9(8(12)4-7(6)11)16(14,15)13-5-1-2-5/h3-5,13H,1-2H2. The first-order chi connectivity index (χ1) is 7.40. The van der Waals surface area contributed by atoms with Crippen LogP contribution < -0.4 is 4.72 Å². The molecule has 0 unspecified atom stereocenters. The lowest BCUT2D eigenvalue weighted by atomic mass is 10.3. The van der Waals surface area contributed by atoms with E-state index in [4.69, 9.17) is 0 Å². The maximum absolute atomic E-state index is 13.3. The molecule has 2 rings (SSSR count). The first kappa shape index (κ1) is 11.9. The molecule has 1 fully saturated rings. The van der Waals surface area contributed by atoms with Crippen molar-refractivity contribution < 1.29 is 17.2 Å². The van der Waals surface area contributed by atoms with Crippen molar-refractivity contribution in [3.63, 3.8) is 0 Å². The molecule has 0 heterocycles. The van der Waals surface area contributed by atoms with Crippen LogP contribution in [0.4, 0.5) is 8.78 Å². The molecule has 0 aromatic heterocycles. The molecule has 0 spiro atoms. The highest BCUT2D eigenvalue weighted by molar-refractivity contribution is 9.10. The van der Waals surface area contributed by atoms with Crippen molar-refractivity contribution in [3.8, 4) is 0 Å². The number of benzene rings is 1. The largest absolute Gasteiger partial charge is 0.243 e. The smallest absolute Gasteiger partial charge is 0.208 e. The maximum atomic E-state index is 13.3. The van der Waals surface area contributed by atoms with Crippen LogP contribution in [0.25, 0.3) is 0 Å². The fraction of sp³-hybridized carbons (Fsp3) is 0.333. The average molecular weight is 312 g/mol. The third-order valence-corrected chi connectivity index (χ3v) is 4.31. The van der Waals surface area contributed by atoms with E-state index in [2.05, 4.69) is 20.7 Å². The molecule has 0 aliphatic heterocycles. The Kier molecular flexibility index (Phi) is 3.02. The van der Waals surface area contributed by atoms with Gasteiger partial charge in [0.2, 0.25) is 10.0 Å². The minimum Gasteiger partial charge on any atom is -0.208 e. The lowest BCUT2D eigenvalue weighted by molar-refractivity contribution is 0.540. The summed E-state index contributed by atoms with van der Waals surface area (Å²) in [5, 5.41) is 0. The fourth-order valence-electron chi connectivity index (χ4n) is 1.19. The van der Waals surface area contributed by atoms with Gasteiger partial charge in [-0.05, 0) is 34.8 Å². The minimum absolute atomic E-state index is 0.0786. The van der Waals surface area contributed by atoms with Gasteiger partial charge in [-0.1, -0.05) is 0 Å². The zero-order valence-corrected chi connectivity index (χ0v) is 10.4. The molecule has 3 nitrogen and oxygen atoms in total. The van der Waals surface area contributed by atoms with Gasteiger partial charge in [0.15, 0.2) is 0 Å². The first-order valence-corrected chi connectivity index (χ1v) is 6.84. The number of rotatable bonds is 3. The van der Waals surface area contributed by atoms with Crippen LogP contribution in [0.2, 0.25) is 0 Å². The van der Waals surface area contributed by atoms with E-state index in [0.717, 1.165) is 18.9 Å². The Hall–Kier alpha value is -0.530. The second-order valence-corrected chi connectivity index (χ2v) is 6.13. The van der Waals surface area contributed by atoms with E-state index in [1.165, 1.54) is 0 Å². The van der Waals surface area contributed by atoms with Crippen molar-refractivity contribution in [1.29, 1.82) is 0 Å². The number of halogens is 3. The Morgan fingerprint density at radius 3 is 2.44 bits per heavy atom. The van der Waals surface area contributed by atoms with Gasteiger partial charge in [-0.2, -0.15) is 0 Å². The molecule has 0 amide bonds. The van der Waals surface area contributed by atoms with E-state index in [-0.39, 0.29) is 10.5 Å². The van der Waals surface area contributed by atoms with E-state index in [1.54, 1.807) is 0 Å². The van der Waals surface area contributed by atoms with Gasteiger partial charge in [0.05, 0.1) is 4.47 Å². The Morgan fingerprint density at radius 2 is 1.88 bits per heavy atom. The van der Waals surface area contributed by atoms with Gasteiger partial charge in [-0.3, -0.25) is 0 Å². The summed E-state index contributed by atoms with van der Waals surface area (Å²) in [5.41, 5.74) is 0. The predicted octanol–water partition coefficient (Wildman–Crippen LogP) is 2.17. The first-order valence-electron chi connectivity index (χ1n) is 4.57. The van der Waals surface area contributed by atoms with Gasteiger partial charge in [0.25, 0.3) is 0 Å². The van der Waals surface area contributed by atoms with Crippen molar-refractivity contribution in [2.24, 2.45) is 0 Å². The fourth-order valence-corrected chi connectivity index (χ4v) is 3.08. The second-order valence-electron chi connectivity index (χ2n) is 3.59. The summed E-state index contributed by atoms with van der Waals surface area (Å²) in [7, 11) is -3.89. The van der Waals surface area contributed by atoms with Gasteiger partial charge in [0, 0.05) is 12.1 Å². The minimum atomic E-state index is -3.89. The molecular weight excluding hydrogens is 304 g/mol. The predicted molar refractivity (Wildman–Crippen MR) is 57.4 cm³/mol. The Bertz CT molecular complexity index is 529. The molecule has 1 aliphatic rings. The third-order valence-electron chi connectivity index (χ3n) is 2.16. The highest BCUT2D eigenvalue weighted by Gasteiger charge is 2.30. The normalized spacial score (nSPS) is 16.4. The molecule has 1 N–H and O–H groups in total. The average Bonchev–Trinajstić information content (AvgIpc) is 2.94. The van der Waals surface area contributed by atoms with Gasteiger partial charge < -0.3 is 0 Å². The molecule has 0 bridgehead atoms. The van der Waals surface area contributed by atoms with Crippen LogP contribution in [-0.4, -0.2) is 14.5 Å². The molecule has 0 saturated heterocycles. The van der Waals surface area contributed by atoms with Crippen LogP contribution in [0, 0.1) is 11.6 Å². The zero-order valence-electron chi connectivity index (χ0n) is 8.00. The van der Waals surface area contributed by atoms with Gasteiger partial charge in [-0.25, -0.2) is 21.9 Å². The zero-order chi connectivity index (χ0) is 11.9. The van der Waals surface area contributed by atoms with Crippen LogP contribution in [0.1, 0.15) is 12.8 Å². The van der Waals surface area contributed by atoms with Crippen LogP contribution in [0.15, 0.2) is 21.5 Å². The van der Waals surface area contributed by atoms with E-state index >= 15 is 0 Å². The molecule has 0 atom stereocenters. The van der Waals surface area contributed by atoms with Crippen molar-refractivity contribution >= 4 is 26.0 Å². The van der Waals surface area contributed by atoms with E-state index < -0.39 is 26.6 Å². The van der Waals surface area contributed by atoms with E-state index in [9.17, 15) is 17.2 Å². The monoisotopic (exact) mass is 311 g/mol. The highest BCUT2D eigenvalue weighted by Crippen LogP contribution is 2.26. The van der Waals surface area contributed by atoms with Gasteiger partial charge in [-0.15, -0.1) is 0 Å². The molecule has 1 aromatic rings. The molecule has 1 saturated carbocycles. The van der Waals surface area contributed by atoms with E-state index in [0.29, 0.717) is 6.07 Å². The summed E-state index contributed by atoms with van der Waals surface area (Å²) in [6.45, 7) is 0. The molecular formula is C9H8BrF2NO2S. The molecule has 88 valence electrons. The van der Waals surface area contributed by atoms with Gasteiger partial charge in [0.1, 0.15) is 16.5 Å². The number of sulfonamides is 1. The summed E-state index contributed by atoms with van der Waals surface area (Å²) < 4.78 is 51.8. The topological polar surface area (TPSA) is 46.2 Å². The number of hydrogen-bond acceptors (Lipinski definition) is 2. The number of nitrogens with one attached hydrogen (secondary N) is 1. The molecule has 16 heavy (non-hydrogen) atoms. The van der Waals surface area contributed by atoms with Crippen molar-refractivity contribution in [2.45, 2.75) is 23.8 Å². The SMILES string of the molecule is O=S(=O)(NC1CC1)c1cc(Br)c(F)cc1F. The van der Waals surface area contributed by atoms with Crippen molar-refractivity contribution in [2.75, 3.05) is 0 Å². The van der Waals surface area contributed by atoms with Crippen LogP contribution in [0.5, 0.6) is 0 Å². The lowest BCUT2D eigenvalue weighted by Gasteiger charge is -2.07. The summed E-state index contributed by atoms with van der Waals surface area (Å²) in [6, 6.07) is 1.36. The van der Waals surface area contributed by atoms with Crippen LogP contribution in [-0.2, 0) is 10.0 Å². The quantitative estimate of drug-likeness (QED) is 0.870. The summed E-state index contributed by atoms with van der Waals surface area (Å²) >= 11 is 2.82. The van der Waals surface area contributed by atoms with Crippen LogP contribution >= 0.6 is 15.9 Å². The summed E-state index contributed by atoms with van der Waals surface area (Å²) in [6.07, 6.45) is 1.51. The molecule has 1 aliphatic carbocycles. The van der Waals surface area contributed by atoms with E-state index in [1.807, 2.05) is 0 Å². The summed E-state index contributed by atoms with van der Waals surface area (Å²) in [4.78, 5) is -0.535. The number of hydrogen-bond donors (Lipinski definition) is 1. The Labute approximate surface area is 100 Å². The maximum Gasteiger partial charge on any atom is 0.243 e. The Balaban J connectivity index is 2.42. The van der Waals surface area contributed by atoms with Gasteiger partial charge >= 0.3 is 0 Å². The third kappa shape index (κ3) is 2.41. The second kappa shape index (κ2) is 4.05. The van der Waals surface area contributed by atoms with Crippen LogP contribution in [0.3, 0.4) is 0 Å². The Morgan fingerprint density at radius 1 is 1.25 bits per heavy atom. The summed E-state index contributed by atoms with van der Waals surface area (Å²) in [5.74, 6) is -1.92. The van der Waals surface area contributed by atoms with Crippen molar-refractivity contribution in [1.82, 2.24) is 4.72 Å². The molecule has 7 heteroatoms. The molecule has 0 radical (unpaired) electrons.